The summed E-state index contributed by atoms with van der Waals surface area (Å²) in [4.78, 5) is 0. The van der Waals surface area contributed by atoms with E-state index >= 15 is 0 Å². The first kappa shape index (κ1) is 5.35. The molecule has 0 saturated heterocycles. The first-order chi connectivity index (χ1) is 4.86. The van der Waals surface area contributed by atoms with Gasteiger partial charge in [0, 0.05) is 17.5 Å². The van der Waals surface area contributed by atoms with Crippen molar-refractivity contribution in [1.29, 1.82) is 0 Å². The third kappa shape index (κ3) is 0.658. The molecule has 1 heterocycles. The van der Waals surface area contributed by atoms with Crippen LogP contribution in [0.3, 0.4) is 0 Å². The standard InChI is InChI=1S/C8H5O2/c9-7-2-1-6-3-4-10-8(6)5-7/h1-2,4-5,9H. The van der Waals surface area contributed by atoms with Crippen molar-refractivity contribution in [3.63, 3.8) is 0 Å². The second-order valence-electron chi connectivity index (χ2n) is 2.06. The van der Waals surface area contributed by atoms with Gasteiger partial charge in [-0.05, 0) is 12.1 Å². The molecule has 1 radical (unpaired) electrons. The predicted molar refractivity (Wildman–Crippen MR) is 36.7 cm³/mol. The van der Waals surface area contributed by atoms with Crippen LogP contribution < -0.4 is 0 Å². The molecule has 1 aromatic heterocycles. The van der Waals surface area contributed by atoms with Gasteiger partial charge in [0.05, 0.1) is 6.26 Å². The van der Waals surface area contributed by atoms with E-state index in [1.165, 1.54) is 6.26 Å². The van der Waals surface area contributed by atoms with Crippen molar-refractivity contribution in [1.82, 2.24) is 0 Å². The summed E-state index contributed by atoms with van der Waals surface area (Å²) in [6, 6.07) is 7.79. The van der Waals surface area contributed by atoms with Crippen molar-refractivity contribution < 1.29 is 9.52 Å². The van der Waals surface area contributed by atoms with Gasteiger partial charge in [0.1, 0.15) is 11.3 Å². The zero-order valence-electron chi connectivity index (χ0n) is 5.16. The van der Waals surface area contributed by atoms with Gasteiger partial charge in [0.2, 0.25) is 0 Å². The maximum atomic E-state index is 8.97. The topological polar surface area (TPSA) is 33.4 Å². The summed E-state index contributed by atoms with van der Waals surface area (Å²) >= 11 is 0. The molecule has 0 atom stereocenters. The van der Waals surface area contributed by atoms with Gasteiger partial charge in [-0.3, -0.25) is 0 Å². The minimum absolute atomic E-state index is 0.218. The first-order valence-electron chi connectivity index (χ1n) is 2.94. The highest BCUT2D eigenvalue weighted by atomic mass is 16.3. The molecule has 0 spiro atoms. The van der Waals surface area contributed by atoms with Gasteiger partial charge < -0.3 is 9.52 Å². The summed E-state index contributed by atoms with van der Waals surface area (Å²) in [5.41, 5.74) is 0.667. The highest BCUT2D eigenvalue weighted by Crippen LogP contribution is 2.19. The number of hydrogen-bond donors (Lipinski definition) is 1. The average molecular weight is 133 g/mol. The summed E-state index contributed by atoms with van der Waals surface area (Å²) in [6.07, 6.45) is 1.48. The number of phenolic OH excluding ortho intramolecular Hbond substituents is 1. The molecule has 2 nitrogen and oxygen atoms in total. The molecule has 2 heteroatoms. The number of rotatable bonds is 0. The van der Waals surface area contributed by atoms with Gasteiger partial charge in [-0.2, -0.15) is 0 Å². The van der Waals surface area contributed by atoms with Gasteiger partial charge in [0.25, 0.3) is 0 Å². The largest absolute Gasteiger partial charge is 0.508 e. The zero-order chi connectivity index (χ0) is 6.97. The summed E-state index contributed by atoms with van der Waals surface area (Å²) in [5, 5.41) is 9.86. The van der Waals surface area contributed by atoms with Crippen LogP contribution in [0.2, 0.25) is 0 Å². The van der Waals surface area contributed by atoms with Crippen molar-refractivity contribution in [2.45, 2.75) is 0 Å². The molecular formula is C8H5O2. The molecule has 0 unspecified atom stereocenters. The molecule has 0 saturated carbocycles. The first-order valence-corrected chi connectivity index (χ1v) is 2.94. The van der Waals surface area contributed by atoms with Crippen molar-refractivity contribution in [2.24, 2.45) is 0 Å². The van der Waals surface area contributed by atoms with Gasteiger partial charge >= 0.3 is 0 Å². The highest BCUT2D eigenvalue weighted by Gasteiger charge is 1.95. The van der Waals surface area contributed by atoms with Crippen LogP contribution >= 0.6 is 0 Å². The number of benzene rings is 1. The Morgan fingerprint density at radius 1 is 1.40 bits per heavy atom. The van der Waals surface area contributed by atoms with Crippen LogP contribution in [0, 0.1) is 6.07 Å². The molecule has 0 aliphatic carbocycles. The van der Waals surface area contributed by atoms with Crippen LogP contribution in [0.4, 0.5) is 0 Å². The fourth-order valence-electron chi connectivity index (χ4n) is 0.884. The molecule has 0 amide bonds. The van der Waals surface area contributed by atoms with Crippen molar-refractivity contribution >= 4 is 11.0 Å². The van der Waals surface area contributed by atoms with E-state index in [-0.39, 0.29) is 5.75 Å². The monoisotopic (exact) mass is 133 g/mol. The van der Waals surface area contributed by atoms with Gasteiger partial charge in [0.15, 0.2) is 0 Å². The van der Waals surface area contributed by atoms with E-state index in [0.717, 1.165) is 5.39 Å². The van der Waals surface area contributed by atoms with Gasteiger partial charge in [-0.15, -0.1) is 0 Å². The number of furan rings is 1. The minimum Gasteiger partial charge on any atom is -0.508 e. The van der Waals surface area contributed by atoms with E-state index in [1.807, 2.05) is 0 Å². The molecule has 1 aromatic carbocycles. The van der Waals surface area contributed by atoms with Gasteiger partial charge in [-0.25, -0.2) is 0 Å². The SMILES string of the molecule is Oc1ccc2[c]coc2c1. The van der Waals surface area contributed by atoms with Crippen LogP contribution in [0.25, 0.3) is 11.0 Å². The summed E-state index contributed by atoms with van der Waals surface area (Å²) in [7, 11) is 0. The zero-order valence-corrected chi connectivity index (χ0v) is 5.16. The molecular weight excluding hydrogens is 128 g/mol. The third-order valence-corrected chi connectivity index (χ3v) is 1.37. The number of phenols is 1. The Bertz CT molecular complexity index is 349. The molecule has 2 aromatic rings. The summed E-state index contributed by atoms with van der Waals surface area (Å²) < 4.78 is 4.98. The van der Waals surface area contributed by atoms with E-state index in [1.54, 1.807) is 18.2 Å². The van der Waals surface area contributed by atoms with Crippen LogP contribution in [0.1, 0.15) is 0 Å². The van der Waals surface area contributed by atoms with E-state index < -0.39 is 0 Å². The Kier molecular flexibility index (Phi) is 0.947. The summed E-state index contributed by atoms with van der Waals surface area (Å²) in [6.45, 7) is 0. The Balaban J connectivity index is 2.86. The van der Waals surface area contributed by atoms with Gasteiger partial charge in [-0.1, -0.05) is 0 Å². The predicted octanol–water partition coefficient (Wildman–Crippen LogP) is 1.94. The summed E-state index contributed by atoms with van der Waals surface area (Å²) in [5.74, 6) is 0.218. The molecule has 0 aliphatic rings. The average Bonchev–Trinajstić information content (AvgIpc) is 2.33. The Labute approximate surface area is 57.7 Å². The van der Waals surface area contributed by atoms with Crippen LogP contribution in [0.15, 0.2) is 28.9 Å². The highest BCUT2D eigenvalue weighted by molar-refractivity contribution is 5.77. The Hall–Kier alpha value is -1.44. The normalized spacial score (nSPS) is 10.4. The molecule has 0 bridgehead atoms. The van der Waals surface area contributed by atoms with E-state index in [2.05, 4.69) is 6.07 Å². The third-order valence-electron chi connectivity index (χ3n) is 1.37. The van der Waals surface area contributed by atoms with E-state index in [0.29, 0.717) is 5.58 Å². The molecule has 49 valence electrons. The maximum Gasteiger partial charge on any atom is 0.138 e. The Morgan fingerprint density at radius 3 is 3.20 bits per heavy atom. The second-order valence-corrected chi connectivity index (χ2v) is 2.06. The molecule has 0 aliphatic heterocycles. The number of aromatic hydroxyl groups is 1. The molecule has 0 fully saturated rings. The fourth-order valence-corrected chi connectivity index (χ4v) is 0.884. The Morgan fingerprint density at radius 2 is 2.30 bits per heavy atom. The van der Waals surface area contributed by atoms with Crippen LogP contribution in [0.5, 0.6) is 5.75 Å². The van der Waals surface area contributed by atoms with E-state index in [4.69, 9.17) is 9.52 Å². The lowest BCUT2D eigenvalue weighted by Crippen LogP contribution is -1.63. The minimum atomic E-state index is 0.218. The molecule has 1 N–H and O–H groups in total. The fraction of sp³-hybridized carbons (Fsp3) is 0. The molecule has 2 rings (SSSR count). The smallest absolute Gasteiger partial charge is 0.138 e. The van der Waals surface area contributed by atoms with Crippen LogP contribution in [-0.2, 0) is 0 Å². The van der Waals surface area contributed by atoms with Crippen molar-refractivity contribution in [3.05, 3.63) is 30.5 Å². The lowest BCUT2D eigenvalue weighted by Gasteiger charge is -1.88. The van der Waals surface area contributed by atoms with Crippen LogP contribution in [-0.4, -0.2) is 5.11 Å². The van der Waals surface area contributed by atoms with Crippen molar-refractivity contribution in [3.8, 4) is 5.75 Å². The van der Waals surface area contributed by atoms with E-state index in [9.17, 15) is 0 Å². The number of hydrogen-bond acceptors (Lipinski definition) is 2. The lowest BCUT2D eigenvalue weighted by molar-refractivity contribution is 0.474. The quantitative estimate of drug-likeness (QED) is 0.595. The lowest BCUT2D eigenvalue weighted by atomic mass is 10.2. The second kappa shape index (κ2) is 1.77. The maximum absolute atomic E-state index is 8.97. The number of fused-ring (bicyclic) bond motifs is 1. The molecule has 10 heavy (non-hydrogen) atoms. The van der Waals surface area contributed by atoms with Crippen molar-refractivity contribution in [2.75, 3.05) is 0 Å².